The molecule has 1 amide bonds. The number of ketones is 1. The van der Waals surface area contributed by atoms with Crippen molar-refractivity contribution >= 4 is 40.9 Å². The molecule has 3 rings (SSSR count). The summed E-state index contributed by atoms with van der Waals surface area (Å²) in [7, 11) is 0. The Morgan fingerprint density at radius 3 is 2.42 bits per heavy atom. The van der Waals surface area contributed by atoms with Crippen LogP contribution in [0.2, 0.25) is 10.0 Å². The number of Topliss-reactive ketones (excluding diaryl/α,β-unsaturated/α-hetero) is 1. The third-order valence-electron chi connectivity index (χ3n) is 4.35. The molecule has 0 aliphatic carbocycles. The van der Waals surface area contributed by atoms with E-state index in [0.717, 1.165) is 0 Å². The second-order valence-electron chi connectivity index (χ2n) is 6.52. The van der Waals surface area contributed by atoms with Crippen LogP contribution in [0.4, 0.5) is 0 Å². The fourth-order valence-corrected chi connectivity index (χ4v) is 3.35. The molecule has 0 aliphatic heterocycles. The number of carbonyl (C=O) groups excluding carboxylic acids is 3. The fraction of sp³-hybridized carbons (Fsp3) is 0.130. The molecular formula is C23H19Cl2N2O4+. The summed E-state index contributed by atoms with van der Waals surface area (Å²) in [5.74, 6) is -1.12. The van der Waals surface area contributed by atoms with Crippen LogP contribution in [0.5, 0.6) is 0 Å². The van der Waals surface area contributed by atoms with Gasteiger partial charge >= 0.3 is 11.9 Å². The normalized spacial score (nSPS) is 10.4. The van der Waals surface area contributed by atoms with E-state index in [1.165, 1.54) is 10.6 Å². The summed E-state index contributed by atoms with van der Waals surface area (Å²) in [4.78, 5) is 37.2. The summed E-state index contributed by atoms with van der Waals surface area (Å²) in [5.41, 5.74) is 1.05. The molecule has 1 heterocycles. The van der Waals surface area contributed by atoms with Crippen LogP contribution in [0.25, 0.3) is 0 Å². The van der Waals surface area contributed by atoms with Crippen molar-refractivity contribution < 1.29 is 23.7 Å². The van der Waals surface area contributed by atoms with Gasteiger partial charge in [0, 0.05) is 22.7 Å². The van der Waals surface area contributed by atoms with Crippen LogP contribution in [-0.4, -0.2) is 30.8 Å². The number of nitrogens with one attached hydrogen (secondary N) is 1. The lowest BCUT2D eigenvalue weighted by atomic mass is 10.1. The van der Waals surface area contributed by atoms with E-state index < -0.39 is 11.9 Å². The number of hydrogen-bond donors (Lipinski definition) is 1. The minimum atomic E-state index is -0.463. The summed E-state index contributed by atoms with van der Waals surface area (Å²) in [6.07, 6.45) is 1.63. The van der Waals surface area contributed by atoms with Crippen LogP contribution >= 0.6 is 23.2 Å². The predicted molar refractivity (Wildman–Crippen MR) is 116 cm³/mol. The number of pyridine rings is 1. The first kappa shape index (κ1) is 22.5. The van der Waals surface area contributed by atoms with Gasteiger partial charge in [-0.05, 0) is 36.4 Å². The Balaban J connectivity index is 1.58. The molecule has 1 aromatic heterocycles. The van der Waals surface area contributed by atoms with Crippen molar-refractivity contribution in [3.8, 4) is 0 Å². The SMILES string of the molecule is O=C(OCCNC(=O)c1cccc[n+]1CC(=O)c1ccc(Cl)cc1Cl)c1ccccc1. The van der Waals surface area contributed by atoms with Crippen molar-refractivity contribution in [3.63, 3.8) is 0 Å². The van der Waals surface area contributed by atoms with Crippen molar-refractivity contribution in [2.45, 2.75) is 6.54 Å². The average Bonchev–Trinajstić information content (AvgIpc) is 2.77. The van der Waals surface area contributed by atoms with Crippen LogP contribution in [0.15, 0.2) is 72.9 Å². The van der Waals surface area contributed by atoms with Crippen LogP contribution in [0.1, 0.15) is 31.2 Å². The van der Waals surface area contributed by atoms with Crippen LogP contribution in [0.3, 0.4) is 0 Å². The molecule has 8 heteroatoms. The van der Waals surface area contributed by atoms with Gasteiger partial charge in [-0.2, -0.15) is 4.57 Å². The molecule has 1 N–H and O–H groups in total. The fourth-order valence-electron chi connectivity index (χ4n) is 2.83. The Morgan fingerprint density at radius 2 is 1.68 bits per heavy atom. The van der Waals surface area contributed by atoms with E-state index in [2.05, 4.69) is 5.32 Å². The van der Waals surface area contributed by atoms with E-state index in [9.17, 15) is 14.4 Å². The Hall–Kier alpha value is -3.22. The summed E-state index contributed by atoms with van der Waals surface area (Å²) >= 11 is 12.0. The van der Waals surface area contributed by atoms with Crippen molar-refractivity contribution in [1.82, 2.24) is 5.32 Å². The summed E-state index contributed by atoms with van der Waals surface area (Å²) < 4.78 is 6.68. The maximum absolute atomic E-state index is 12.7. The van der Waals surface area contributed by atoms with Crippen molar-refractivity contribution in [2.75, 3.05) is 13.2 Å². The smallest absolute Gasteiger partial charge is 0.338 e. The highest BCUT2D eigenvalue weighted by molar-refractivity contribution is 6.36. The highest BCUT2D eigenvalue weighted by Crippen LogP contribution is 2.21. The maximum atomic E-state index is 12.7. The highest BCUT2D eigenvalue weighted by atomic mass is 35.5. The van der Waals surface area contributed by atoms with Crippen molar-refractivity contribution in [1.29, 1.82) is 0 Å². The maximum Gasteiger partial charge on any atom is 0.338 e. The first-order valence-electron chi connectivity index (χ1n) is 9.43. The molecule has 0 saturated carbocycles. The van der Waals surface area contributed by atoms with Crippen LogP contribution < -0.4 is 9.88 Å². The van der Waals surface area contributed by atoms with E-state index in [-0.39, 0.29) is 36.2 Å². The lowest BCUT2D eigenvalue weighted by molar-refractivity contribution is -0.685. The molecule has 0 bridgehead atoms. The van der Waals surface area contributed by atoms with Crippen LogP contribution in [-0.2, 0) is 11.3 Å². The van der Waals surface area contributed by atoms with E-state index >= 15 is 0 Å². The monoisotopic (exact) mass is 457 g/mol. The number of rotatable bonds is 8. The zero-order chi connectivity index (χ0) is 22.2. The van der Waals surface area contributed by atoms with Crippen molar-refractivity contribution in [2.24, 2.45) is 0 Å². The number of aromatic nitrogens is 1. The number of nitrogens with zero attached hydrogens (tertiary/aromatic N) is 1. The van der Waals surface area contributed by atoms with Gasteiger partial charge in [0.15, 0.2) is 6.20 Å². The van der Waals surface area contributed by atoms with Gasteiger partial charge in [0.1, 0.15) is 6.61 Å². The molecule has 0 atom stereocenters. The number of ether oxygens (including phenoxy) is 1. The molecule has 0 unspecified atom stereocenters. The molecular weight excluding hydrogens is 439 g/mol. The Labute approximate surface area is 189 Å². The van der Waals surface area contributed by atoms with Gasteiger partial charge in [0.05, 0.1) is 17.1 Å². The number of amides is 1. The van der Waals surface area contributed by atoms with Gasteiger partial charge in [0.25, 0.3) is 5.69 Å². The number of hydrogen-bond acceptors (Lipinski definition) is 4. The van der Waals surface area contributed by atoms with Gasteiger partial charge in [0.2, 0.25) is 12.3 Å². The lowest BCUT2D eigenvalue weighted by Crippen LogP contribution is -2.46. The van der Waals surface area contributed by atoms with Crippen molar-refractivity contribution in [3.05, 3.63) is 99.8 Å². The molecule has 0 saturated heterocycles. The molecule has 31 heavy (non-hydrogen) atoms. The van der Waals surface area contributed by atoms with Gasteiger partial charge in [-0.15, -0.1) is 0 Å². The molecule has 158 valence electrons. The third kappa shape index (κ3) is 6.13. The number of esters is 1. The zero-order valence-electron chi connectivity index (χ0n) is 16.4. The molecule has 0 aliphatic rings. The van der Waals surface area contributed by atoms with Gasteiger partial charge in [-0.25, -0.2) is 4.79 Å². The first-order chi connectivity index (χ1) is 15.0. The second-order valence-corrected chi connectivity index (χ2v) is 7.36. The molecule has 6 nitrogen and oxygen atoms in total. The molecule has 2 aromatic carbocycles. The molecule has 0 radical (unpaired) electrons. The molecule has 0 spiro atoms. The number of halogens is 2. The number of carbonyl (C=O) groups is 3. The van der Waals surface area contributed by atoms with E-state index in [1.807, 2.05) is 0 Å². The standard InChI is InChI=1S/C23H18Cl2N2O4/c24-17-9-10-18(19(25)14-17)21(28)15-27-12-5-4-8-20(27)22(29)26-11-13-31-23(30)16-6-2-1-3-7-16/h1-10,12,14H,11,13,15H2/p+1. The second kappa shape index (κ2) is 10.7. The van der Waals surface area contributed by atoms with Crippen LogP contribution in [0, 0.1) is 0 Å². The van der Waals surface area contributed by atoms with Gasteiger partial charge < -0.3 is 10.1 Å². The Morgan fingerprint density at radius 1 is 0.935 bits per heavy atom. The topological polar surface area (TPSA) is 76.3 Å². The Bertz CT molecular complexity index is 1100. The predicted octanol–water partition coefficient (Wildman–Crippen LogP) is 3.75. The largest absolute Gasteiger partial charge is 0.460 e. The third-order valence-corrected chi connectivity index (χ3v) is 4.90. The molecule has 3 aromatic rings. The lowest BCUT2D eigenvalue weighted by Gasteiger charge is -2.07. The first-order valence-corrected chi connectivity index (χ1v) is 10.2. The van der Waals surface area contributed by atoms with E-state index in [0.29, 0.717) is 16.1 Å². The summed E-state index contributed by atoms with van der Waals surface area (Å²) in [6, 6.07) is 18.2. The summed E-state index contributed by atoms with van der Waals surface area (Å²) in [6.45, 7) is 0.0722. The van der Waals surface area contributed by atoms with Gasteiger partial charge in [-0.1, -0.05) is 41.4 Å². The minimum absolute atomic E-state index is 0.0195. The van der Waals surface area contributed by atoms with E-state index in [1.54, 1.807) is 66.9 Å². The van der Waals surface area contributed by atoms with E-state index in [4.69, 9.17) is 27.9 Å². The Kier molecular flexibility index (Phi) is 7.76. The highest BCUT2D eigenvalue weighted by Gasteiger charge is 2.22. The molecule has 0 fully saturated rings. The summed E-state index contributed by atoms with van der Waals surface area (Å²) in [5, 5.41) is 3.37. The zero-order valence-corrected chi connectivity index (χ0v) is 17.9. The quantitative estimate of drug-likeness (QED) is 0.242. The van der Waals surface area contributed by atoms with Gasteiger partial charge in [-0.3, -0.25) is 9.59 Å². The average molecular weight is 458 g/mol. The number of benzene rings is 2. The minimum Gasteiger partial charge on any atom is -0.460 e.